The van der Waals surface area contributed by atoms with Crippen molar-refractivity contribution < 1.29 is 13.7 Å². The molecule has 1 aromatic heterocycles. The lowest BCUT2D eigenvalue weighted by Crippen LogP contribution is -2.35. The average Bonchev–Trinajstić information content (AvgIpc) is 2.92. The summed E-state index contributed by atoms with van der Waals surface area (Å²) in [6.07, 6.45) is 0.472. The fraction of sp³-hybridized carbons (Fsp3) is 0.385. The van der Waals surface area contributed by atoms with Crippen molar-refractivity contribution in [1.29, 1.82) is 0 Å². The second-order valence-electron chi connectivity index (χ2n) is 4.55. The van der Waals surface area contributed by atoms with E-state index in [2.05, 4.69) is 31.4 Å². The molecule has 0 aliphatic carbocycles. The third kappa shape index (κ3) is 3.05. The van der Waals surface area contributed by atoms with Gasteiger partial charge in [0.15, 0.2) is 5.82 Å². The van der Waals surface area contributed by atoms with Gasteiger partial charge in [-0.05, 0) is 33.6 Å². The summed E-state index contributed by atoms with van der Waals surface area (Å²) in [4.78, 5) is 4.35. The SMILES string of the molecule is Fc1ccc(Cc2nc([C@@H]3COCCN3)no2)cc1Br. The monoisotopic (exact) mass is 341 g/mol. The van der Waals surface area contributed by atoms with Crippen LogP contribution in [0.3, 0.4) is 0 Å². The van der Waals surface area contributed by atoms with Crippen LogP contribution >= 0.6 is 15.9 Å². The molecule has 1 aliphatic heterocycles. The number of hydrogen-bond donors (Lipinski definition) is 1. The average molecular weight is 342 g/mol. The van der Waals surface area contributed by atoms with Crippen LogP contribution in [0.4, 0.5) is 4.39 Å². The molecule has 20 heavy (non-hydrogen) atoms. The Morgan fingerprint density at radius 1 is 1.45 bits per heavy atom. The number of nitrogens with one attached hydrogen (secondary N) is 1. The maximum atomic E-state index is 13.2. The van der Waals surface area contributed by atoms with E-state index in [1.807, 2.05) is 0 Å². The van der Waals surface area contributed by atoms with E-state index in [-0.39, 0.29) is 11.9 Å². The summed E-state index contributed by atoms with van der Waals surface area (Å²) in [5.74, 6) is 0.815. The fourth-order valence-corrected chi connectivity index (χ4v) is 2.46. The summed E-state index contributed by atoms with van der Waals surface area (Å²) < 4.78 is 24.2. The van der Waals surface area contributed by atoms with E-state index >= 15 is 0 Å². The van der Waals surface area contributed by atoms with E-state index in [0.717, 1.165) is 12.1 Å². The van der Waals surface area contributed by atoms with Gasteiger partial charge in [-0.15, -0.1) is 0 Å². The molecule has 2 aromatic rings. The van der Waals surface area contributed by atoms with Gasteiger partial charge in [0.2, 0.25) is 5.89 Å². The molecule has 0 spiro atoms. The number of aromatic nitrogens is 2. The molecule has 0 bridgehead atoms. The predicted molar refractivity (Wildman–Crippen MR) is 72.8 cm³/mol. The minimum atomic E-state index is -0.288. The van der Waals surface area contributed by atoms with Crippen LogP contribution in [0.1, 0.15) is 23.3 Å². The first kappa shape index (κ1) is 13.7. The molecule has 0 unspecified atom stereocenters. The second-order valence-corrected chi connectivity index (χ2v) is 5.41. The minimum absolute atomic E-state index is 0.0267. The van der Waals surface area contributed by atoms with E-state index in [1.54, 1.807) is 12.1 Å². The molecule has 2 heterocycles. The van der Waals surface area contributed by atoms with Gasteiger partial charge in [0, 0.05) is 6.54 Å². The third-order valence-corrected chi connectivity index (χ3v) is 3.66. The Morgan fingerprint density at radius 3 is 3.10 bits per heavy atom. The molecule has 1 atom stereocenters. The van der Waals surface area contributed by atoms with Crippen LogP contribution in [-0.2, 0) is 11.2 Å². The molecular weight excluding hydrogens is 329 g/mol. The molecule has 106 valence electrons. The quantitative estimate of drug-likeness (QED) is 0.927. The minimum Gasteiger partial charge on any atom is -0.378 e. The highest BCUT2D eigenvalue weighted by Crippen LogP contribution is 2.19. The van der Waals surface area contributed by atoms with Gasteiger partial charge in [-0.3, -0.25) is 0 Å². The highest BCUT2D eigenvalue weighted by atomic mass is 79.9. The van der Waals surface area contributed by atoms with Crippen molar-refractivity contribution in [3.05, 3.63) is 45.8 Å². The summed E-state index contributed by atoms with van der Waals surface area (Å²) in [7, 11) is 0. The molecule has 0 saturated carbocycles. The van der Waals surface area contributed by atoms with Gasteiger partial charge in [0.1, 0.15) is 5.82 Å². The van der Waals surface area contributed by atoms with E-state index in [0.29, 0.717) is 35.8 Å². The summed E-state index contributed by atoms with van der Waals surface area (Å²) in [5, 5.41) is 7.22. The molecule has 1 fully saturated rings. The third-order valence-electron chi connectivity index (χ3n) is 3.06. The Bertz CT molecular complexity index is 599. The van der Waals surface area contributed by atoms with Crippen LogP contribution in [0, 0.1) is 5.82 Å². The van der Waals surface area contributed by atoms with Crippen LogP contribution in [0.25, 0.3) is 0 Å². The molecule has 1 N–H and O–H groups in total. The standard InChI is InChI=1S/C13H13BrFN3O2/c14-9-5-8(1-2-10(9)15)6-12-17-13(18-20-12)11-7-19-4-3-16-11/h1-2,5,11,16H,3-4,6-7H2/t11-/m0/s1. The van der Waals surface area contributed by atoms with Gasteiger partial charge in [-0.1, -0.05) is 11.2 Å². The number of halogens is 2. The van der Waals surface area contributed by atoms with E-state index in [1.165, 1.54) is 6.07 Å². The van der Waals surface area contributed by atoms with Crippen LogP contribution in [0.15, 0.2) is 27.2 Å². The zero-order chi connectivity index (χ0) is 13.9. The number of nitrogens with zero attached hydrogens (tertiary/aromatic N) is 2. The van der Waals surface area contributed by atoms with Gasteiger partial charge in [0.05, 0.1) is 30.1 Å². The molecule has 7 heteroatoms. The van der Waals surface area contributed by atoms with Gasteiger partial charge in [-0.2, -0.15) is 4.98 Å². The summed E-state index contributed by atoms with van der Waals surface area (Å²) in [6, 6.07) is 4.79. The molecule has 1 aromatic carbocycles. The van der Waals surface area contributed by atoms with Gasteiger partial charge < -0.3 is 14.6 Å². The smallest absolute Gasteiger partial charge is 0.231 e. The van der Waals surface area contributed by atoms with E-state index in [9.17, 15) is 4.39 Å². The first-order valence-corrected chi connectivity index (χ1v) is 7.09. The molecule has 0 amide bonds. The Labute approximate surface area is 123 Å². The van der Waals surface area contributed by atoms with Crippen molar-refractivity contribution in [2.75, 3.05) is 19.8 Å². The number of morpholine rings is 1. The highest BCUT2D eigenvalue weighted by Gasteiger charge is 2.21. The Balaban J connectivity index is 1.71. The molecular formula is C13H13BrFN3O2. The topological polar surface area (TPSA) is 60.2 Å². The maximum absolute atomic E-state index is 13.2. The molecule has 5 nitrogen and oxygen atoms in total. The van der Waals surface area contributed by atoms with Crippen LogP contribution in [0.5, 0.6) is 0 Å². The molecule has 0 radical (unpaired) electrons. The Kier molecular flexibility index (Phi) is 4.09. The zero-order valence-corrected chi connectivity index (χ0v) is 12.2. The normalized spacial score (nSPS) is 19.2. The summed E-state index contributed by atoms with van der Waals surface area (Å²) in [6.45, 7) is 2.02. The van der Waals surface area contributed by atoms with Gasteiger partial charge >= 0.3 is 0 Å². The van der Waals surface area contributed by atoms with Crippen molar-refractivity contribution in [2.45, 2.75) is 12.5 Å². The van der Waals surface area contributed by atoms with Crippen LogP contribution in [0.2, 0.25) is 0 Å². The number of hydrogen-bond acceptors (Lipinski definition) is 5. The summed E-state index contributed by atoms with van der Waals surface area (Å²) in [5.41, 5.74) is 0.904. The molecule has 3 rings (SSSR count). The Hall–Kier alpha value is -1.31. The molecule has 1 saturated heterocycles. The lowest BCUT2D eigenvalue weighted by molar-refractivity contribution is 0.0734. The number of benzene rings is 1. The lowest BCUT2D eigenvalue weighted by atomic mass is 10.1. The number of rotatable bonds is 3. The fourth-order valence-electron chi connectivity index (χ4n) is 2.04. The first-order valence-electron chi connectivity index (χ1n) is 6.30. The second kappa shape index (κ2) is 5.99. The van der Waals surface area contributed by atoms with Crippen LogP contribution < -0.4 is 5.32 Å². The largest absolute Gasteiger partial charge is 0.378 e. The maximum Gasteiger partial charge on any atom is 0.231 e. The predicted octanol–water partition coefficient (Wildman–Crippen LogP) is 2.22. The van der Waals surface area contributed by atoms with E-state index in [4.69, 9.17) is 9.26 Å². The van der Waals surface area contributed by atoms with Crippen molar-refractivity contribution in [3.63, 3.8) is 0 Å². The van der Waals surface area contributed by atoms with Crippen molar-refractivity contribution >= 4 is 15.9 Å². The number of ether oxygens (including phenoxy) is 1. The van der Waals surface area contributed by atoms with Crippen molar-refractivity contribution in [3.8, 4) is 0 Å². The molecule has 1 aliphatic rings. The highest BCUT2D eigenvalue weighted by molar-refractivity contribution is 9.10. The van der Waals surface area contributed by atoms with E-state index < -0.39 is 0 Å². The van der Waals surface area contributed by atoms with Gasteiger partial charge in [-0.25, -0.2) is 4.39 Å². The van der Waals surface area contributed by atoms with Crippen molar-refractivity contribution in [1.82, 2.24) is 15.5 Å². The van der Waals surface area contributed by atoms with Crippen molar-refractivity contribution in [2.24, 2.45) is 0 Å². The zero-order valence-electron chi connectivity index (χ0n) is 10.6. The first-order chi connectivity index (χ1) is 9.72. The lowest BCUT2D eigenvalue weighted by Gasteiger charge is -2.20. The summed E-state index contributed by atoms with van der Waals surface area (Å²) >= 11 is 3.16. The van der Waals surface area contributed by atoms with Gasteiger partial charge in [0.25, 0.3) is 0 Å². The Morgan fingerprint density at radius 2 is 2.35 bits per heavy atom. The van der Waals surface area contributed by atoms with Crippen LogP contribution in [-0.4, -0.2) is 29.9 Å².